The number of carbonyl (C=O) groups excluding carboxylic acids is 1. The van der Waals surface area contributed by atoms with Gasteiger partial charge in [-0.3, -0.25) is 4.79 Å². The van der Waals surface area contributed by atoms with Crippen LogP contribution >= 0.6 is 27.5 Å². The molecule has 0 saturated carbocycles. The summed E-state index contributed by atoms with van der Waals surface area (Å²) >= 11 is 4.56. The number of Topliss-reactive ketones (excluding diaryl/α,β-unsaturated/α-hetero) is 1. The van der Waals surface area contributed by atoms with Crippen molar-refractivity contribution in [1.29, 1.82) is 0 Å². The first-order valence-electron chi connectivity index (χ1n) is 4.27. The van der Waals surface area contributed by atoms with Gasteiger partial charge in [-0.1, -0.05) is 0 Å². The highest BCUT2D eigenvalue weighted by Gasteiger charge is 2.15. The summed E-state index contributed by atoms with van der Waals surface area (Å²) < 4.78 is 6.62. The van der Waals surface area contributed by atoms with E-state index < -0.39 is 0 Å². The van der Waals surface area contributed by atoms with Gasteiger partial charge in [-0.05, 0) is 27.5 Å². The quantitative estimate of drug-likeness (QED) is 0.811. The predicted molar refractivity (Wildman–Crippen MR) is 61.1 cm³/mol. The molecule has 6 heteroatoms. The average Bonchev–Trinajstić information content (AvgIpc) is 2.76. The van der Waals surface area contributed by atoms with Crippen LogP contribution in [0.3, 0.4) is 0 Å². The molecule has 0 spiro atoms. The summed E-state index contributed by atoms with van der Waals surface area (Å²) in [5.41, 5.74) is 0.489. The molecule has 2 rings (SSSR count). The van der Waals surface area contributed by atoms with Gasteiger partial charge in [0.15, 0.2) is 5.78 Å². The Hall–Kier alpha value is -1.01. The van der Waals surface area contributed by atoms with Crippen LogP contribution < -0.4 is 0 Å². The van der Waals surface area contributed by atoms with Crippen molar-refractivity contribution in [3.8, 4) is 0 Å². The molecular weight excluding hydrogens is 278 g/mol. The van der Waals surface area contributed by atoms with Gasteiger partial charge in [0.25, 0.3) is 0 Å². The second-order valence-corrected chi connectivity index (χ2v) is 4.55. The van der Waals surface area contributed by atoms with Gasteiger partial charge >= 0.3 is 0 Å². The summed E-state index contributed by atoms with van der Waals surface area (Å²) in [6, 6.07) is 0. The molecule has 0 N–H and O–H groups in total. The smallest absolute Gasteiger partial charge is 0.190 e. The minimum Gasteiger partial charge on any atom is -0.338 e. The molecule has 2 aromatic heterocycles. The van der Waals surface area contributed by atoms with Crippen molar-refractivity contribution in [3.63, 3.8) is 0 Å². The van der Waals surface area contributed by atoms with Crippen molar-refractivity contribution in [2.45, 2.75) is 6.42 Å². The Balaban J connectivity index is 2.18. The molecule has 0 atom stereocenters. The molecule has 0 aliphatic rings. The van der Waals surface area contributed by atoms with Gasteiger partial charge in [0.1, 0.15) is 11.5 Å². The van der Waals surface area contributed by atoms with E-state index in [0.29, 0.717) is 5.69 Å². The highest BCUT2D eigenvalue weighted by Crippen LogP contribution is 2.19. The average molecular weight is 286 g/mol. The summed E-state index contributed by atoms with van der Waals surface area (Å²) in [7, 11) is 1.87. The Labute approximate surface area is 99.3 Å². The Bertz CT molecular complexity index is 491. The van der Waals surface area contributed by atoms with Crippen molar-refractivity contribution >= 4 is 33.2 Å². The van der Waals surface area contributed by atoms with Crippen molar-refractivity contribution < 1.29 is 4.79 Å². The molecule has 0 aromatic carbocycles. The summed E-state index contributed by atoms with van der Waals surface area (Å²) in [5.74, 6) is 0.734. The van der Waals surface area contributed by atoms with E-state index in [1.54, 1.807) is 11.6 Å². The normalized spacial score (nSPS) is 10.5. The van der Waals surface area contributed by atoms with Crippen LogP contribution in [-0.4, -0.2) is 19.7 Å². The summed E-state index contributed by atoms with van der Waals surface area (Å²) in [4.78, 5) is 15.9. The van der Waals surface area contributed by atoms with Gasteiger partial charge in [-0.2, -0.15) is 4.37 Å². The first kappa shape index (κ1) is 10.5. The lowest BCUT2D eigenvalue weighted by molar-refractivity contribution is 0.0985. The molecule has 0 amide bonds. The fourth-order valence-corrected chi connectivity index (χ4v) is 2.44. The molecule has 0 radical (unpaired) electrons. The number of hydrogen-bond acceptors (Lipinski definition) is 4. The monoisotopic (exact) mass is 285 g/mol. The number of ketones is 1. The van der Waals surface area contributed by atoms with Crippen molar-refractivity contribution in [1.82, 2.24) is 13.9 Å². The molecule has 0 aliphatic heterocycles. The highest BCUT2D eigenvalue weighted by molar-refractivity contribution is 9.10. The molecule has 0 unspecified atom stereocenters. The Morgan fingerprint density at radius 3 is 3.00 bits per heavy atom. The maximum Gasteiger partial charge on any atom is 0.190 e. The van der Waals surface area contributed by atoms with E-state index in [9.17, 15) is 4.79 Å². The van der Waals surface area contributed by atoms with Crippen molar-refractivity contribution in [2.24, 2.45) is 7.05 Å². The number of aryl methyl sites for hydroxylation is 1. The Morgan fingerprint density at radius 1 is 1.67 bits per heavy atom. The maximum atomic E-state index is 11.8. The van der Waals surface area contributed by atoms with E-state index in [-0.39, 0.29) is 12.2 Å². The van der Waals surface area contributed by atoms with Crippen LogP contribution in [0.25, 0.3) is 0 Å². The molecule has 0 fully saturated rings. The largest absolute Gasteiger partial charge is 0.338 e. The number of halogens is 1. The molecule has 2 heterocycles. The minimum absolute atomic E-state index is 0.0163. The first-order valence-corrected chi connectivity index (χ1v) is 5.90. The van der Waals surface area contributed by atoms with E-state index in [1.165, 1.54) is 11.5 Å². The molecule has 0 bridgehead atoms. The predicted octanol–water partition coefficient (Wildman–Crippen LogP) is 2.06. The van der Waals surface area contributed by atoms with Crippen LogP contribution in [0, 0.1) is 0 Å². The van der Waals surface area contributed by atoms with Gasteiger partial charge in [0.2, 0.25) is 0 Å². The third kappa shape index (κ3) is 2.15. The van der Waals surface area contributed by atoms with E-state index >= 15 is 0 Å². The lowest BCUT2D eigenvalue weighted by Crippen LogP contribution is -2.08. The van der Waals surface area contributed by atoms with E-state index in [2.05, 4.69) is 25.3 Å². The van der Waals surface area contributed by atoms with Crippen molar-refractivity contribution in [2.75, 3.05) is 0 Å². The Morgan fingerprint density at radius 2 is 2.47 bits per heavy atom. The number of rotatable bonds is 3. The zero-order chi connectivity index (χ0) is 10.8. The van der Waals surface area contributed by atoms with Gasteiger partial charge in [-0.15, -0.1) is 0 Å². The summed E-state index contributed by atoms with van der Waals surface area (Å²) in [5, 5.41) is 1.80. The highest BCUT2D eigenvalue weighted by atomic mass is 79.9. The third-order valence-electron chi connectivity index (χ3n) is 2.03. The van der Waals surface area contributed by atoms with Gasteiger partial charge in [0.05, 0.1) is 10.9 Å². The molecule has 0 aliphatic carbocycles. The zero-order valence-electron chi connectivity index (χ0n) is 7.98. The fourth-order valence-electron chi connectivity index (χ4n) is 1.20. The molecule has 78 valence electrons. The molecule has 4 nitrogen and oxygen atoms in total. The SMILES string of the molecule is Cn1ccnc1CC(=O)c1nscc1Br. The van der Waals surface area contributed by atoms with Crippen LogP contribution in [0.1, 0.15) is 16.3 Å². The molecule has 2 aromatic rings. The van der Waals surface area contributed by atoms with Crippen LogP contribution in [0.5, 0.6) is 0 Å². The van der Waals surface area contributed by atoms with E-state index in [4.69, 9.17) is 0 Å². The minimum atomic E-state index is -0.0163. The van der Waals surface area contributed by atoms with Gasteiger partial charge < -0.3 is 4.57 Å². The third-order valence-corrected chi connectivity index (χ3v) is 3.57. The first-order chi connectivity index (χ1) is 7.18. The zero-order valence-corrected chi connectivity index (χ0v) is 10.4. The number of carbonyl (C=O) groups is 1. The Kier molecular flexibility index (Phi) is 2.97. The topological polar surface area (TPSA) is 47.8 Å². The van der Waals surface area contributed by atoms with Gasteiger partial charge in [-0.25, -0.2) is 4.98 Å². The lowest BCUT2D eigenvalue weighted by atomic mass is 10.2. The van der Waals surface area contributed by atoms with Crippen LogP contribution in [0.15, 0.2) is 22.2 Å². The number of hydrogen-bond donors (Lipinski definition) is 0. The fraction of sp³-hybridized carbons (Fsp3) is 0.222. The standard InChI is InChI=1S/C9H8BrN3OS/c1-13-3-2-11-8(13)4-7(14)9-6(10)5-15-12-9/h2-3,5H,4H2,1H3. The van der Waals surface area contributed by atoms with Crippen LogP contribution in [0.2, 0.25) is 0 Å². The second kappa shape index (κ2) is 4.24. The van der Waals surface area contributed by atoms with E-state index in [0.717, 1.165) is 10.3 Å². The molecular formula is C9H8BrN3OS. The molecule has 0 saturated heterocycles. The number of aromatic nitrogens is 3. The van der Waals surface area contributed by atoms with Crippen LogP contribution in [-0.2, 0) is 13.5 Å². The lowest BCUT2D eigenvalue weighted by Gasteiger charge is -1.99. The second-order valence-electron chi connectivity index (χ2n) is 3.07. The summed E-state index contributed by atoms with van der Waals surface area (Å²) in [6.45, 7) is 0. The number of imidazole rings is 1. The van der Waals surface area contributed by atoms with Gasteiger partial charge in [0, 0.05) is 24.8 Å². The van der Waals surface area contributed by atoms with Crippen molar-refractivity contribution in [3.05, 3.63) is 33.8 Å². The number of nitrogens with zero attached hydrogens (tertiary/aromatic N) is 3. The molecule has 15 heavy (non-hydrogen) atoms. The maximum absolute atomic E-state index is 11.8. The summed E-state index contributed by atoms with van der Waals surface area (Å²) in [6.07, 6.45) is 3.78. The van der Waals surface area contributed by atoms with Crippen LogP contribution in [0.4, 0.5) is 0 Å². The van der Waals surface area contributed by atoms with E-state index in [1.807, 2.05) is 17.8 Å².